The lowest BCUT2D eigenvalue weighted by Crippen LogP contribution is -2.49. The van der Waals surface area contributed by atoms with E-state index in [1.807, 2.05) is 24.3 Å². The van der Waals surface area contributed by atoms with Crippen LogP contribution in [0.1, 0.15) is 16.7 Å². The van der Waals surface area contributed by atoms with Crippen LogP contribution in [0.15, 0.2) is 86.6 Å². The topological polar surface area (TPSA) is 113 Å². The number of hydrogen-bond donors (Lipinski definition) is 1. The fraction of sp³-hybridized carbons (Fsp3) is 0.138. The fourth-order valence-corrected chi connectivity index (χ4v) is 4.54. The Labute approximate surface area is 216 Å². The van der Waals surface area contributed by atoms with Crippen LogP contribution in [-0.4, -0.2) is 17.9 Å². The third-order valence-electron chi connectivity index (χ3n) is 6.38. The SMILES string of the molecule is Cc1c(CC(=O)N[C@@H](Cc2ccccc2)C(=O)[O-])c(=O)oc2cc3occ(-c4ccc(Cl)cc4)c3cc12. The Bertz CT molecular complexity index is 1690. The van der Waals surface area contributed by atoms with Crippen LogP contribution in [0.4, 0.5) is 0 Å². The minimum absolute atomic E-state index is 0.0617. The Morgan fingerprint density at radius 1 is 1.00 bits per heavy atom. The Morgan fingerprint density at radius 2 is 1.73 bits per heavy atom. The van der Waals surface area contributed by atoms with Crippen LogP contribution in [-0.2, 0) is 22.4 Å². The molecule has 0 saturated heterocycles. The molecule has 0 radical (unpaired) electrons. The first kappa shape index (κ1) is 24.3. The summed E-state index contributed by atoms with van der Waals surface area (Å²) in [6, 6.07) is 18.5. The molecule has 8 heteroatoms. The molecular weight excluding hydrogens is 494 g/mol. The number of carboxylic acid groups (broad SMARTS) is 1. The first-order valence-corrected chi connectivity index (χ1v) is 12.0. The van der Waals surface area contributed by atoms with Crippen molar-refractivity contribution in [1.82, 2.24) is 5.32 Å². The fourth-order valence-electron chi connectivity index (χ4n) is 4.42. The molecule has 0 spiro atoms. The predicted octanol–water partition coefficient (Wildman–Crippen LogP) is 4.19. The summed E-state index contributed by atoms with van der Waals surface area (Å²) in [7, 11) is 0. The normalized spacial score (nSPS) is 12.1. The maximum atomic E-state index is 12.8. The zero-order valence-electron chi connectivity index (χ0n) is 19.7. The van der Waals surface area contributed by atoms with Gasteiger partial charge in [-0.25, -0.2) is 4.79 Å². The van der Waals surface area contributed by atoms with Gasteiger partial charge in [-0.3, -0.25) is 4.79 Å². The summed E-state index contributed by atoms with van der Waals surface area (Å²) >= 11 is 6.02. The van der Waals surface area contributed by atoms with Gasteiger partial charge >= 0.3 is 5.63 Å². The highest BCUT2D eigenvalue weighted by Gasteiger charge is 2.20. The van der Waals surface area contributed by atoms with E-state index in [1.165, 1.54) is 0 Å². The number of benzene rings is 3. The van der Waals surface area contributed by atoms with Gasteiger partial charge in [0.2, 0.25) is 5.91 Å². The molecule has 2 heterocycles. The highest BCUT2D eigenvalue weighted by molar-refractivity contribution is 6.30. The van der Waals surface area contributed by atoms with Gasteiger partial charge in [-0.05, 0) is 48.2 Å². The third kappa shape index (κ3) is 4.99. The molecule has 186 valence electrons. The maximum Gasteiger partial charge on any atom is 0.340 e. The van der Waals surface area contributed by atoms with Crippen molar-refractivity contribution in [3.8, 4) is 11.1 Å². The first-order chi connectivity index (χ1) is 17.8. The molecule has 37 heavy (non-hydrogen) atoms. The van der Waals surface area contributed by atoms with E-state index in [0.717, 1.165) is 22.1 Å². The summed E-state index contributed by atoms with van der Waals surface area (Å²) in [5, 5.41) is 16.2. The Morgan fingerprint density at radius 3 is 2.43 bits per heavy atom. The molecule has 0 unspecified atom stereocenters. The van der Waals surface area contributed by atoms with Gasteiger partial charge in [0, 0.05) is 27.4 Å². The van der Waals surface area contributed by atoms with Crippen molar-refractivity contribution in [2.75, 3.05) is 0 Å². The minimum Gasteiger partial charge on any atom is -0.548 e. The van der Waals surface area contributed by atoms with Gasteiger partial charge in [0.15, 0.2) is 0 Å². The number of carbonyl (C=O) groups excluding carboxylic acids is 2. The van der Waals surface area contributed by atoms with Crippen molar-refractivity contribution in [2.45, 2.75) is 25.8 Å². The lowest BCUT2D eigenvalue weighted by atomic mass is 9.99. The summed E-state index contributed by atoms with van der Waals surface area (Å²) in [4.78, 5) is 37.2. The molecule has 1 N–H and O–H groups in total. The molecule has 0 aliphatic heterocycles. The minimum atomic E-state index is -1.41. The van der Waals surface area contributed by atoms with Crippen molar-refractivity contribution in [3.63, 3.8) is 0 Å². The van der Waals surface area contributed by atoms with Crippen LogP contribution in [0.25, 0.3) is 33.1 Å². The van der Waals surface area contributed by atoms with E-state index in [-0.39, 0.29) is 18.4 Å². The van der Waals surface area contributed by atoms with Crippen LogP contribution in [0, 0.1) is 6.92 Å². The number of amides is 1. The molecule has 5 rings (SSSR count). The number of carbonyl (C=O) groups is 2. The number of fused-ring (bicyclic) bond motifs is 2. The summed E-state index contributed by atoms with van der Waals surface area (Å²) < 4.78 is 11.2. The molecule has 0 saturated carbocycles. The molecule has 0 bridgehead atoms. The van der Waals surface area contributed by atoms with Gasteiger partial charge in [-0.15, -0.1) is 0 Å². The van der Waals surface area contributed by atoms with Gasteiger partial charge < -0.3 is 24.1 Å². The van der Waals surface area contributed by atoms with Crippen molar-refractivity contribution in [2.24, 2.45) is 0 Å². The van der Waals surface area contributed by atoms with E-state index in [4.69, 9.17) is 20.4 Å². The van der Waals surface area contributed by atoms with Crippen molar-refractivity contribution in [1.29, 1.82) is 0 Å². The van der Waals surface area contributed by atoms with E-state index in [0.29, 0.717) is 27.1 Å². The van der Waals surface area contributed by atoms with E-state index >= 15 is 0 Å². The molecule has 0 fully saturated rings. The van der Waals surface area contributed by atoms with Gasteiger partial charge in [-0.1, -0.05) is 54.1 Å². The molecule has 3 aromatic carbocycles. The van der Waals surface area contributed by atoms with Gasteiger partial charge in [0.05, 0.1) is 30.3 Å². The predicted molar refractivity (Wildman–Crippen MR) is 138 cm³/mol. The second kappa shape index (κ2) is 9.95. The average molecular weight is 515 g/mol. The molecule has 5 aromatic rings. The summed E-state index contributed by atoms with van der Waals surface area (Å²) in [6.07, 6.45) is 1.35. The number of furan rings is 1. The number of rotatable bonds is 7. The molecule has 7 nitrogen and oxygen atoms in total. The maximum absolute atomic E-state index is 12.8. The van der Waals surface area contributed by atoms with Crippen molar-refractivity contribution in [3.05, 3.63) is 105 Å². The molecule has 1 atom stereocenters. The van der Waals surface area contributed by atoms with Gasteiger partial charge in [-0.2, -0.15) is 0 Å². The number of aliphatic carboxylic acids is 1. The third-order valence-corrected chi connectivity index (χ3v) is 6.63. The van der Waals surface area contributed by atoms with E-state index < -0.39 is 23.5 Å². The number of carboxylic acids is 1. The van der Waals surface area contributed by atoms with Gasteiger partial charge in [0.1, 0.15) is 11.2 Å². The largest absolute Gasteiger partial charge is 0.548 e. The number of aryl methyl sites for hydroxylation is 1. The van der Waals surface area contributed by atoms with Gasteiger partial charge in [0.25, 0.3) is 0 Å². The zero-order valence-corrected chi connectivity index (χ0v) is 20.5. The number of halogens is 1. The van der Waals surface area contributed by atoms with E-state index in [2.05, 4.69) is 5.32 Å². The Balaban J connectivity index is 1.46. The van der Waals surface area contributed by atoms with Crippen LogP contribution in [0.5, 0.6) is 0 Å². The molecule has 0 aliphatic rings. The highest BCUT2D eigenvalue weighted by Crippen LogP contribution is 2.35. The van der Waals surface area contributed by atoms with Crippen molar-refractivity contribution >= 4 is 45.4 Å². The van der Waals surface area contributed by atoms with E-state index in [9.17, 15) is 19.5 Å². The number of nitrogens with one attached hydrogen (secondary N) is 1. The Hall–Kier alpha value is -4.36. The lowest BCUT2D eigenvalue weighted by Gasteiger charge is -2.20. The number of hydrogen-bond acceptors (Lipinski definition) is 6. The van der Waals surface area contributed by atoms with Crippen LogP contribution < -0.4 is 16.0 Å². The second-order valence-electron chi connectivity index (χ2n) is 8.80. The molecular formula is C29H21ClNO6-. The zero-order chi connectivity index (χ0) is 26.1. The Kier molecular flexibility index (Phi) is 6.54. The summed E-state index contributed by atoms with van der Waals surface area (Å²) in [5.41, 5.74) is 3.41. The van der Waals surface area contributed by atoms with Crippen LogP contribution >= 0.6 is 11.6 Å². The average Bonchev–Trinajstić information content (AvgIpc) is 3.29. The van der Waals surface area contributed by atoms with Crippen LogP contribution in [0.2, 0.25) is 5.02 Å². The smallest absolute Gasteiger partial charge is 0.340 e. The summed E-state index contributed by atoms with van der Waals surface area (Å²) in [6.45, 7) is 1.73. The monoisotopic (exact) mass is 514 g/mol. The standard InChI is InChI=1S/C29H22ClNO6/c1-16-20-12-22-23(18-7-9-19(30)10-8-18)15-36-25(22)14-26(20)37-29(35)21(16)13-27(32)31-24(28(33)34)11-17-5-3-2-4-6-17/h2-10,12,14-15,24H,11,13H2,1H3,(H,31,32)(H,33,34)/p-1/t24-/m0/s1. The first-order valence-electron chi connectivity index (χ1n) is 11.6. The molecule has 1 amide bonds. The van der Waals surface area contributed by atoms with E-state index in [1.54, 1.807) is 55.7 Å². The molecule has 2 aromatic heterocycles. The lowest BCUT2D eigenvalue weighted by molar-refractivity contribution is -0.308. The quantitative estimate of drug-likeness (QED) is 0.326. The summed E-state index contributed by atoms with van der Waals surface area (Å²) in [5.74, 6) is -2.03. The van der Waals surface area contributed by atoms with Crippen molar-refractivity contribution < 1.29 is 23.5 Å². The second-order valence-corrected chi connectivity index (χ2v) is 9.24. The molecule has 0 aliphatic carbocycles. The van der Waals surface area contributed by atoms with Crippen LogP contribution in [0.3, 0.4) is 0 Å². The highest BCUT2D eigenvalue weighted by atomic mass is 35.5.